The van der Waals surface area contributed by atoms with Gasteiger partial charge in [0.2, 0.25) is 0 Å². The van der Waals surface area contributed by atoms with Crippen LogP contribution in [-0.2, 0) is 13.0 Å². The van der Waals surface area contributed by atoms with Crippen LogP contribution in [0.4, 0.5) is 0 Å². The average molecular weight is 236 g/mol. The summed E-state index contributed by atoms with van der Waals surface area (Å²) in [6.45, 7) is 11.0. The van der Waals surface area contributed by atoms with Crippen molar-refractivity contribution in [3.8, 4) is 0 Å². The van der Waals surface area contributed by atoms with Gasteiger partial charge in [-0.25, -0.2) is 0 Å². The molecule has 4 nitrogen and oxygen atoms in total. The lowest BCUT2D eigenvalue weighted by atomic mass is 10.0. The SMILES string of the molecule is CC(C)CCc1nnc2n1CCNC2C(C)C. The van der Waals surface area contributed by atoms with Gasteiger partial charge < -0.3 is 9.88 Å². The highest BCUT2D eigenvalue weighted by atomic mass is 15.3. The minimum atomic E-state index is 0.365. The third kappa shape index (κ3) is 2.68. The van der Waals surface area contributed by atoms with Crippen LogP contribution >= 0.6 is 0 Å². The van der Waals surface area contributed by atoms with Gasteiger partial charge >= 0.3 is 0 Å². The topological polar surface area (TPSA) is 42.7 Å². The van der Waals surface area contributed by atoms with Crippen molar-refractivity contribution in [2.24, 2.45) is 11.8 Å². The summed E-state index contributed by atoms with van der Waals surface area (Å²) in [5, 5.41) is 12.3. The first-order chi connectivity index (χ1) is 8.09. The molecule has 4 heteroatoms. The van der Waals surface area contributed by atoms with Gasteiger partial charge in [0, 0.05) is 19.5 Å². The van der Waals surface area contributed by atoms with Crippen molar-refractivity contribution in [2.75, 3.05) is 6.54 Å². The molecule has 1 aromatic rings. The summed E-state index contributed by atoms with van der Waals surface area (Å²) in [6, 6.07) is 0.365. The standard InChI is InChI=1S/C13H24N4/c1-9(2)5-6-11-15-16-13-12(10(3)4)14-7-8-17(11)13/h9-10,12,14H,5-8H2,1-4H3. The summed E-state index contributed by atoms with van der Waals surface area (Å²) in [7, 11) is 0. The minimum Gasteiger partial charge on any atom is -0.312 e. The van der Waals surface area contributed by atoms with Crippen LogP contribution in [0.3, 0.4) is 0 Å². The van der Waals surface area contributed by atoms with E-state index in [1.807, 2.05) is 0 Å². The third-order valence-electron chi connectivity index (χ3n) is 3.45. The molecule has 0 aromatic carbocycles. The number of rotatable bonds is 4. The molecule has 0 aliphatic carbocycles. The zero-order valence-corrected chi connectivity index (χ0v) is 11.4. The highest BCUT2D eigenvalue weighted by molar-refractivity contribution is 5.05. The van der Waals surface area contributed by atoms with E-state index >= 15 is 0 Å². The van der Waals surface area contributed by atoms with Gasteiger partial charge in [0.05, 0.1) is 6.04 Å². The Kier molecular flexibility index (Phi) is 3.82. The first-order valence-corrected chi connectivity index (χ1v) is 6.75. The van der Waals surface area contributed by atoms with Crippen molar-refractivity contribution in [3.05, 3.63) is 11.6 Å². The maximum Gasteiger partial charge on any atom is 0.150 e. The van der Waals surface area contributed by atoms with Crippen molar-refractivity contribution >= 4 is 0 Å². The second-order valence-electron chi connectivity index (χ2n) is 5.73. The first kappa shape index (κ1) is 12.6. The van der Waals surface area contributed by atoms with Crippen LogP contribution in [0.5, 0.6) is 0 Å². The average Bonchev–Trinajstić information content (AvgIpc) is 2.68. The number of aryl methyl sites for hydroxylation is 1. The molecule has 0 fully saturated rings. The monoisotopic (exact) mass is 236 g/mol. The highest BCUT2D eigenvalue weighted by Gasteiger charge is 2.26. The van der Waals surface area contributed by atoms with E-state index in [1.165, 1.54) is 12.2 Å². The number of fused-ring (bicyclic) bond motifs is 1. The van der Waals surface area contributed by atoms with Crippen LogP contribution in [-0.4, -0.2) is 21.3 Å². The van der Waals surface area contributed by atoms with Crippen LogP contribution in [0.1, 0.15) is 51.8 Å². The lowest BCUT2D eigenvalue weighted by Gasteiger charge is -2.27. The largest absolute Gasteiger partial charge is 0.312 e. The summed E-state index contributed by atoms with van der Waals surface area (Å²) in [5.41, 5.74) is 0. The van der Waals surface area contributed by atoms with Crippen molar-refractivity contribution in [2.45, 2.75) is 53.1 Å². The molecule has 2 heterocycles. The Hall–Kier alpha value is -0.900. The second-order valence-corrected chi connectivity index (χ2v) is 5.73. The molecule has 0 saturated carbocycles. The molecule has 0 saturated heterocycles. The number of nitrogens with one attached hydrogen (secondary N) is 1. The van der Waals surface area contributed by atoms with Crippen molar-refractivity contribution in [1.82, 2.24) is 20.1 Å². The summed E-state index contributed by atoms with van der Waals surface area (Å²) in [4.78, 5) is 0. The van der Waals surface area contributed by atoms with Gasteiger partial charge in [-0.2, -0.15) is 0 Å². The number of hydrogen-bond donors (Lipinski definition) is 1. The van der Waals surface area contributed by atoms with E-state index in [0.717, 1.165) is 31.3 Å². The molecule has 1 aliphatic rings. The maximum atomic E-state index is 4.39. The zero-order valence-electron chi connectivity index (χ0n) is 11.4. The zero-order chi connectivity index (χ0) is 12.4. The van der Waals surface area contributed by atoms with E-state index in [9.17, 15) is 0 Å². The Morgan fingerprint density at radius 1 is 1.29 bits per heavy atom. The summed E-state index contributed by atoms with van der Waals surface area (Å²) < 4.78 is 2.32. The fourth-order valence-corrected chi connectivity index (χ4v) is 2.38. The molecule has 2 rings (SSSR count). The molecule has 1 N–H and O–H groups in total. The Labute approximate surface area is 104 Å². The Balaban J connectivity index is 2.16. The third-order valence-corrected chi connectivity index (χ3v) is 3.45. The van der Waals surface area contributed by atoms with Gasteiger partial charge in [-0.3, -0.25) is 0 Å². The smallest absolute Gasteiger partial charge is 0.150 e. The predicted octanol–water partition coefficient (Wildman–Crippen LogP) is 2.17. The first-order valence-electron chi connectivity index (χ1n) is 6.75. The molecular weight excluding hydrogens is 212 g/mol. The van der Waals surface area contributed by atoms with E-state index < -0.39 is 0 Å². The molecule has 96 valence electrons. The maximum absolute atomic E-state index is 4.39. The molecule has 0 radical (unpaired) electrons. The van der Waals surface area contributed by atoms with Crippen molar-refractivity contribution in [1.29, 1.82) is 0 Å². The minimum absolute atomic E-state index is 0.365. The van der Waals surface area contributed by atoms with Gasteiger partial charge in [-0.1, -0.05) is 27.7 Å². The van der Waals surface area contributed by atoms with Gasteiger partial charge in [-0.15, -0.1) is 10.2 Å². The Morgan fingerprint density at radius 3 is 2.71 bits per heavy atom. The molecular formula is C13H24N4. The summed E-state index contributed by atoms with van der Waals surface area (Å²) >= 11 is 0. The molecule has 17 heavy (non-hydrogen) atoms. The van der Waals surface area contributed by atoms with Gasteiger partial charge in [-0.05, 0) is 18.3 Å². The van der Waals surface area contributed by atoms with E-state index in [4.69, 9.17) is 0 Å². The molecule has 1 aromatic heterocycles. The van der Waals surface area contributed by atoms with E-state index in [1.54, 1.807) is 0 Å². The normalized spacial score (nSPS) is 20.0. The van der Waals surface area contributed by atoms with Crippen molar-refractivity contribution < 1.29 is 0 Å². The fraction of sp³-hybridized carbons (Fsp3) is 0.846. The second kappa shape index (κ2) is 5.17. The van der Waals surface area contributed by atoms with Crippen LogP contribution in [0.15, 0.2) is 0 Å². The molecule has 0 bridgehead atoms. The van der Waals surface area contributed by atoms with E-state index in [2.05, 4.69) is 47.8 Å². The lowest BCUT2D eigenvalue weighted by Crippen LogP contribution is -2.37. The van der Waals surface area contributed by atoms with Crippen LogP contribution in [0.25, 0.3) is 0 Å². The van der Waals surface area contributed by atoms with Gasteiger partial charge in [0.15, 0.2) is 5.82 Å². The summed E-state index contributed by atoms with van der Waals surface area (Å²) in [5.74, 6) is 3.59. The summed E-state index contributed by atoms with van der Waals surface area (Å²) in [6.07, 6.45) is 2.24. The van der Waals surface area contributed by atoms with Crippen LogP contribution in [0, 0.1) is 11.8 Å². The number of hydrogen-bond acceptors (Lipinski definition) is 3. The van der Waals surface area contributed by atoms with Gasteiger partial charge in [0.1, 0.15) is 5.82 Å². The number of nitrogens with zero attached hydrogens (tertiary/aromatic N) is 3. The quantitative estimate of drug-likeness (QED) is 0.871. The van der Waals surface area contributed by atoms with Crippen LogP contribution in [0.2, 0.25) is 0 Å². The van der Waals surface area contributed by atoms with Crippen molar-refractivity contribution in [3.63, 3.8) is 0 Å². The lowest BCUT2D eigenvalue weighted by molar-refractivity contribution is 0.334. The van der Waals surface area contributed by atoms with Crippen LogP contribution < -0.4 is 5.32 Å². The van der Waals surface area contributed by atoms with E-state index in [0.29, 0.717) is 12.0 Å². The molecule has 1 unspecified atom stereocenters. The highest BCUT2D eigenvalue weighted by Crippen LogP contribution is 2.24. The van der Waals surface area contributed by atoms with Gasteiger partial charge in [0.25, 0.3) is 0 Å². The Bertz CT molecular complexity index is 367. The van der Waals surface area contributed by atoms with E-state index in [-0.39, 0.29) is 0 Å². The molecule has 1 atom stereocenters. The molecule has 1 aliphatic heterocycles. The number of aromatic nitrogens is 3. The molecule has 0 amide bonds. The Morgan fingerprint density at radius 2 is 2.06 bits per heavy atom. The molecule has 0 spiro atoms. The predicted molar refractivity (Wildman–Crippen MR) is 68.8 cm³/mol. The fourth-order valence-electron chi connectivity index (χ4n) is 2.38.